The Kier molecular flexibility index (Phi) is 4.32. The van der Waals surface area contributed by atoms with Crippen LogP contribution in [0.3, 0.4) is 0 Å². The van der Waals surface area contributed by atoms with Gasteiger partial charge in [0.05, 0.1) is 24.8 Å². The van der Waals surface area contributed by atoms with Gasteiger partial charge in [0, 0.05) is 43.5 Å². The molecular formula is C20H24N2O4. The fourth-order valence-corrected chi connectivity index (χ4v) is 4.42. The zero-order valence-electron chi connectivity index (χ0n) is 15.1. The maximum absolute atomic E-state index is 13.0. The molecule has 1 N–H and O–H groups in total. The number of hydrogen-bond acceptors (Lipinski definition) is 5. The van der Waals surface area contributed by atoms with Crippen molar-refractivity contribution in [2.45, 2.75) is 31.5 Å². The van der Waals surface area contributed by atoms with E-state index in [-0.39, 0.29) is 23.5 Å². The quantitative estimate of drug-likeness (QED) is 0.913. The minimum absolute atomic E-state index is 0.0910. The van der Waals surface area contributed by atoms with Crippen molar-refractivity contribution < 1.29 is 19.4 Å². The van der Waals surface area contributed by atoms with Crippen molar-refractivity contribution in [1.29, 1.82) is 0 Å². The summed E-state index contributed by atoms with van der Waals surface area (Å²) in [5, 5.41) is 11.1. The van der Waals surface area contributed by atoms with E-state index in [2.05, 4.69) is 4.98 Å². The lowest BCUT2D eigenvalue weighted by atomic mass is 9.58. The van der Waals surface area contributed by atoms with Gasteiger partial charge in [-0.3, -0.25) is 4.79 Å². The number of piperidine rings is 1. The topological polar surface area (TPSA) is 71.9 Å². The molecule has 0 radical (unpaired) electrons. The van der Waals surface area contributed by atoms with Crippen LogP contribution in [0.1, 0.15) is 29.8 Å². The van der Waals surface area contributed by atoms with Crippen molar-refractivity contribution in [2.24, 2.45) is 5.41 Å². The third-order valence-corrected chi connectivity index (χ3v) is 6.13. The Labute approximate surface area is 152 Å². The average Bonchev–Trinajstić information content (AvgIpc) is 2.70. The van der Waals surface area contributed by atoms with Crippen LogP contribution in [-0.2, 0) is 4.74 Å². The van der Waals surface area contributed by atoms with Crippen molar-refractivity contribution in [3.05, 3.63) is 36.0 Å². The number of aliphatic hydroxyl groups is 1. The van der Waals surface area contributed by atoms with Gasteiger partial charge in [0.1, 0.15) is 11.4 Å². The lowest BCUT2D eigenvalue weighted by Crippen LogP contribution is -2.62. The number of pyridine rings is 1. The molecule has 2 aromatic rings. The number of carbonyl (C=O) groups excluding carboxylic acids is 1. The monoisotopic (exact) mass is 356 g/mol. The number of ether oxygens (including phenoxy) is 2. The van der Waals surface area contributed by atoms with Gasteiger partial charge in [-0.2, -0.15) is 0 Å². The zero-order chi connectivity index (χ0) is 18.3. The third-order valence-electron chi connectivity index (χ3n) is 6.13. The van der Waals surface area contributed by atoms with Crippen LogP contribution in [0, 0.1) is 5.41 Å². The van der Waals surface area contributed by atoms with Crippen LogP contribution in [0.5, 0.6) is 5.75 Å². The van der Waals surface area contributed by atoms with Gasteiger partial charge in [-0.1, -0.05) is 12.1 Å². The van der Waals surface area contributed by atoms with Gasteiger partial charge >= 0.3 is 0 Å². The number of benzene rings is 1. The molecular weight excluding hydrogens is 332 g/mol. The number of nitrogens with zero attached hydrogens (tertiary/aromatic N) is 2. The van der Waals surface area contributed by atoms with E-state index >= 15 is 0 Å². The fraction of sp³-hybridized carbons (Fsp3) is 0.500. The maximum atomic E-state index is 13.0. The second-order valence-electron chi connectivity index (χ2n) is 7.23. The van der Waals surface area contributed by atoms with Crippen LogP contribution >= 0.6 is 0 Å². The van der Waals surface area contributed by atoms with Crippen molar-refractivity contribution in [3.8, 4) is 5.75 Å². The highest BCUT2D eigenvalue weighted by Crippen LogP contribution is 2.50. The highest BCUT2D eigenvalue weighted by atomic mass is 16.5. The van der Waals surface area contributed by atoms with E-state index in [1.165, 1.54) is 0 Å². The van der Waals surface area contributed by atoms with Crippen LogP contribution < -0.4 is 4.74 Å². The molecule has 1 aromatic carbocycles. The molecule has 2 fully saturated rings. The summed E-state index contributed by atoms with van der Waals surface area (Å²) in [6.45, 7) is 1.21. The smallest absolute Gasteiger partial charge is 0.272 e. The summed E-state index contributed by atoms with van der Waals surface area (Å²) < 4.78 is 11.0. The highest BCUT2D eigenvalue weighted by Gasteiger charge is 2.56. The van der Waals surface area contributed by atoms with Crippen LogP contribution in [-0.4, -0.2) is 60.4 Å². The van der Waals surface area contributed by atoms with Gasteiger partial charge < -0.3 is 19.5 Å². The van der Waals surface area contributed by atoms with Gasteiger partial charge in [0.2, 0.25) is 0 Å². The van der Waals surface area contributed by atoms with Crippen molar-refractivity contribution in [2.75, 3.05) is 27.3 Å². The van der Waals surface area contributed by atoms with Crippen LogP contribution in [0.4, 0.5) is 0 Å². The third kappa shape index (κ3) is 2.56. The molecule has 1 amide bonds. The molecule has 6 nitrogen and oxygen atoms in total. The number of carbonyl (C=O) groups is 1. The first-order valence-corrected chi connectivity index (χ1v) is 9.03. The van der Waals surface area contributed by atoms with E-state index in [0.29, 0.717) is 31.0 Å². The fourth-order valence-electron chi connectivity index (χ4n) is 4.42. The molecule has 1 aliphatic carbocycles. The number of rotatable bonds is 3. The molecule has 138 valence electrons. The first-order chi connectivity index (χ1) is 12.6. The molecule has 2 heterocycles. The normalized spacial score (nSPS) is 24.5. The number of methoxy groups -OCH3 is 2. The Balaban J connectivity index is 1.55. The van der Waals surface area contributed by atoms with E-state index < -0.39 is 0 Å². The summed E-state index contributed by atoms with van der Waals surface area (Å²) in [6, 6.07) is 9.35. The number of hydrogen-bond donors (Lipinski definition) is 1. The lowest BCUT2D eigenvalue weighted by Gasteiger charge is -2.56. The first kappa shape index (κ1) is 17.2. The number of para-hydroxylation sites is 1. The summed E-state index contributed by atoms with van der Waals surface area (Å²) in [5.74, 6) is 0.563. The Bertz CT molecular complexity index is 830. The molecule has 2 aliphatic rings. The Morgan fingerprint density at radius 3 is 2.65 bits per heavy atom. The van der Waals surface area contributed by atoms with Crippen molar-refractivity contribution in [1.82, 2.24) is 9.88 Å². The average molecular weight is 356 g/mol. The van der Waals surface area contributed by atoms with Gasteiger partial charge in [-0.05, 0) is 25.0 Å². The molecule has 1 aliphatic heterocycles. The summed E-state index contributed by atoms with van der Waals surface area (Å²) in [4.78, 5) is 19.3. The number of amides is 1. The van der Waals surface area contributed by atoms with E-state index in [9.17, 15) is 9.90 Å². The lowest BCUT2D eigenvalue weighted by molar-refractivity contribution is -0.199. The minimum atomic E-state index is -0.330. The minimum Gasteiger partial charge on any atom is -0.496 e. The predicted molar refractivity (Wildman–Crippen MR) is 97.3 cm³/mol. The van der Waals surface area contributed by atoms with Crippen molar-refractivity contribution in [3.63, 3.8) is 0 Å². The number of aliphatic hydroxyl groups excluding tert-OH is 1. The SMILES string of the molecule is COc1cc(C(=O)N2CCC3(CC2)[C@@H](O)C[C@H]3OC)nc2ccccc12. The largest absolute Gasteiger partial charge is 0.496 e. The first-order valence-electron chi connectivity index (χ1n) is 9.03. The molecule has 1 spiro atoms. The molecule has 1 saturated heterocycles. The van der Waals surface area contributed by atoms with Gasteiger partial charge in [0.15, 0.2) is 0 Å². The standard InChI is InChI=1S/C20H24N2O4/c1-25-16-11-15(21-14-6-4-3-5-13(14)16)19(24)22-9-7-20(8-10-22)17(23)12-18(20)26-2/h3-6,11,17-18,23H,7-10,12H2,1-2H3/t17-,18+/m0/s1. The summed E-state index contributed by atoms with van der Waals surface area (Å²) in [6.07, 6.45) is 1.96. The Morgan fingerprint density at radius 2 is 2.00 bits per heavy atom. The Hall–Kier alpha value is -2.18. The molecule has 6 heteroatoms. The summed E-state index contributed by atoms with van der Waals surface area (Å²) >= 11 is 0. The van der Waals surface area contributed by atoms with E-state index in [4.69, 9.17) is 9.47 Å². The predicted octanol–water partition coefficient (Wildman–Crippen LogP) is 2.25. The second-order valence-corrected chi connectivity index (χ2v) is 7.23. The molecule has 1 aromatic heterocycles. The van der Waals surface area contributed by atoms with Crippen LogP contribution in [0.2, 0.25) is 0 Å². The molecule has 1 saturated carbocycles. The van der Waals surface area contributed by atoms with Gasteiger partial charge in [0.25, 0.3) is 5.91 Å². The number of likely N-dealkylation sites (tertiary alicyclic amines) is 1. The molecule has 4 rings (SSSR count). The number of fused-ring (bicyclic) bond motifs is 1. The highest BCUT2D eigenvalue weighted by molar-refractivity contribution is 5.97. The summed E-state index contributed by atoms with van der Waals surface area (Å²) in [7, 11) is 3.30. The van der Waals surface area contributed by atoms with Gasteiger partial charge in [-0.15, -0.1) is 0 Å². The number of aromatic nitrogens is 1. The van der Waals surface area contributed by atoms with E-state index in [1.54, 1.807) is 20.3 Å². The maximum Gasteiger partial charge on any atom is 0.272 e. The molecule has 0 unspecified atom stereocenters. The van der Waals surface area contributed by atoms with Crippen LogP contribution in [0.15, 0.2) is 30.3 Å². The van der Waals surface area contributed by atoms with E-state index in [1.807, 2.05) is 29.2 Å². The molecule has 0 bridgehead atoms. The molecule has 2 atom stereocenters. The van der Waals surface area contributed by atoms with E-state index in [0.717, 1.165) is 23.7 Å². The molecule has 26 heavy (non-hydrogen) atoms. The Morgan fingerprint density at radius 1 is 1.27 bits per heavy atom. The van der Waals surface area contributed by atoms with Gasteiger partial charge in [-0.25, -0.2) is 4.98 Å². The van der Waals surface area contributed by atoms with Crippen molar-refractivity contribution >= 4 is 16.8 Å². The van der Waals surface area contributed by atoms with Crippen LogP contribution in [0.25, 0.3) is 10.9 Å². The zero-order valence-corrected chi connectivity index (χ0v) is 15.1. The second kappa shape index (κ2) is 6.52. The summed E-state index contributed by atoms with van der Waals surface area (Å²) in [5.41, 5.74) is 0.950.